The van der Waals surface area contributed by atoms with Crippen LogP contribution in [0.4, 0.5) is 0 Å². The Hall–Kier alpha value is -2.82. The van der Waals surface area contributed by atoms with E-state index in [0.29, 0.717) is 29.9 Å². The summed E-state index contributed by atoms with van der Waals surface area (Å²) in [6.45, 7) is 0.525. The second kappa shape index (κ2) is 4.87. The van der Waals surface area contributed by atoms with Gasteiger partial charge in [-0.1, -0.05) is 0 Å². The highest BCUT2D eigenvalue weighted by Crippen LogP contribution is 2.30. The van der Waals surface area contributed by atoms with Gasteiger partial charge < -0.3 is 9.47 Å². The SMILES string of the molecule is COc1ccc(-n2c3c(c(=O)c4cccnc42)CCO3)cc1. The molecule has 110 valence electrons. The summed E-state index contributed by atoms with van der Waals surface area (Å²) in [6.07, 6.45) is 2.32. The lowest BCUT2D eigenvalue weighted by Gasteiger charge is -2.15. The predicted molar refractivity (Wildman–Crippen MR) is 83.1 cm³/mol. The normalized spacial score (nSPS) is 13.0. The van der Waals surface area contributed by atoms with Gasteiger partial charge in [-0.2, -0.15) is 0 Å². The molecule has 0 amide bonds. The van der Waals surface area contributed by atoms with Crippen LogP contribution in [0.15, 0.2) is 47.4 Å². The third kappa shape index (κ3) is 1.79. The van der Waals surface area contributed by atoms with Crippen molar-refractivity contribution in [1.82, 2.24) is 9.55 Å². The molecule has 1 aromatic carbocycles. The van der Waals surface area contributed by atoms with Crippen LogP contribution in [0, 0.1) is 0 Å². The first-order valence-corrected chi connectivity index (χ1v) is 7.09. The monoisotopic (exact) mass is 294 g/mol. The fourth-order valence-corrected chi connectivity index (χ4v) is 2.84. The van der Waals surface area contributed by atoms with Crippen molar-refractivity contribution in [3.63, 3.8) is 0 Å². The van der Waals surface area contributed by atoms with E-state index in [2.05, 4.69) is 4.98 Å². The van der Waals surface area contributed by atoms with Gasteiger partial charge in [-0.25, -0.2) is 4.98 Å². The minimum absolute atomic E-state index is 0.0142. The van der Waals surface area contributed by atoms with E-state index in [1.807, 2.05) is 34.9 Å². The van der Waals surface area contributed by atoms with Gasteiger partial charge in [0.25, 0.3) is 0 Å². The molecule has 0 bridgehead atoms. The van der Waals surface area contributed by atoms with Crippen molar-refractivity contribution in [3.8, 4) is 17.3 Å². The van der Waals surface area contributed by atoms with E-state index in [9.17, 15) is 4.79 Å². The molecule has 1 aliphatic heterocycles. The lowest BCUT2D eigenvalue weighted by Crippen LogP contribution is -2.14. The van der Waals surface area contributed by atoms with Crippen LogP contribution in [-0.4, -0.2) is 23.3 Å². The van der Waals surface area contributed by atoms with E-state index < -0.39 is 0 Å². The van der Waals surface area contributed by atoms with Crippen molar-refractivity contribution in [1.29, 1.82) is 0 Å². The maximum atomic E-state index is 12.6. The number of pyridine rings is 2. The zero-order chi connectivity index (χ0) is 15.1. The zero-order valence-electron chi connectivity index (χ0n) is 12.1. The molecular weight excluding hydrogens is 280 g/mol. The Morgan fingerprint density at radius 1 is 1.23 bits per heavy atom. The molecule has 22 heavy (non-hydrogen) atoms. The van der Waals surface area contributed by atoms with Gasteiger partial charge in [0.1, 0.15) is 5.75 Å². The topological polar surface area (TPSA) is 53.4 Å². The largest absolute Gasteiger partial charge is 0.497 e. The first-order chi connectivity index (χ1) is 10.8. The number of rotatable bonds is 2. The molecule has 0 radical (unpaired) electrons. The molecule has 3 heterocycles. The van der Waals surface area contributed by atoms with Crippen molar-refractivity contribution < 1.29 is 9.47 Å². The number of methoxy groups -OCH3 is 1. The number of benzene rings is 1. The van der Waals surface area contributed by atoms with E-state index in [1.54, 1.807) is 19.4 Å². The summed E-state index contributed by atoms with van der Waals surface area (Å²) in [4.78, 5) is 16.9. The predicted octanol–water partition coefficient (Wildman–Crippen LogP) is 2.33. The Morgan fingerprint density at radius 2 is 2.05 bits per heavy atom. The highest BCUT2D eigenvalue weighted by atomic mass is 16.5. The van der Waals surface area contributed by atoms with Gasteiger partial charge in [-0.05, 0) is 36.4 Å². The van der Waals surface area contributed by atoms with Crippen LogP contribution in [-0.2, 0) is 6.42 Å². The van der Waals surface area contributed by atoms with Crippen LogP contribution in [0.5, 0.6) is 11.6 Å². The summed E-state index contributed by atoms with van der Waals surface area (Å²) < 4.78 is 12.8. The van der Waals surface area contributed by atoms with Crippen LogP contribution >= 0.6 is 0 Å². The molecule has 0 N–H and O–H groups in total. The van der Waals surface area contributed by atoms with Crippen LogP contribution in [0.2, 0.25) is 0 Å². The summed E-state index contributed by atoms with van der Waals surface area (Å²) >= 11 is 0. The first kappa shape index (κ1) is 12.9. The van der Waals surface area contributed by atoms with Crippen LogP contribution in [0.25, 0.3) is 16.7 Å². The Morgan fingerprint density at radius 3 is 2.82 bits per heavy atom. The maximum absolute atomic E-state index is 12.6. The standard InChI is InChI=1S/C17H14N2O3/c1-21-12-6-4-11(5-7-12)19-16-13(3-2-9-18-16)15(20)14-8-10-22-17(14)19/h2-7,9H,8,10H2,1H3. The number of hydrogen-bond donors (Lipinski definition) is 0. The molecule has 0 atom stereocenters. The first-order valence-electron chi connectivity index (χ1n) is 7.09. The van der Waals surface area contributed by atoms with E-state index >= 15 is 0 Å². The molecular formula is C17H14N2O3. The molecule has 2 aromatic heterocycles. The van der Waals surface area contributed by atoms with Crippen molar-refractivity contribution >= 4 is 11.0 Å². The second-order valence-corrected chi connectivity index (χ2v) is 5.12. The Labute approximate surface area is 126 Å². The van der Waals surface area contributed by atoms with Crippen LogP contribution in [0.1, 0.15) is 5.56 Å². The molecule has 5 heteroatoms. The Bertz CT molecular complexity index is 914. The number of fused-ring (bicyclic) bond motifs is 2. The number of hydrogen-bond acceptors (Lipinski definition) is 4. The van der Waals surface area contributed by atoms with Crippen molar-refractivity contribution in [2.24, 2.45) is 0 Å². The highest BCUT2D eigenvalue weighted by molar-refractivity contribution is 5.79. The Balaban J connectivity index is 2.08. The fraction of sp³-hybridized carbons (Fsp3) is 0.176. The van der Waals surface area contributed by atoms with Crippen molar-refractivity contribution in [2.75, 3.05) is 13.7 Å². The molecule has 0 fully saturated rings. The molecule has 1 aliphatic rings. The third-order valence-electron chi connectivity index (χ3n) is 3.90. The highest BCUT2D eigenvalue weighted by Gasteiger charge is 2.24. The molecule has 0 saturated heterocycles. The van der Waals surface area contributed by atoms with Crippen LogP contribution in [0.3, 0.4) is 0 Å². The fourth-order valence-electron chi connectivity index (χ4n) is 2.84. The summed E-state index contributed by atoms with van der Waals surface area (Å²) in [7, 11) is 1.63. The molecule has 0 unspecified atom stereocenters. The Kier molecular flexibility index (Phi) is 2.85. The van der Waals surface area contributed by atoms with Gasteiger partial charge in [0.15, 0.2) is 11.1 Å². The zero-order valence-corrected chi connectivity index (χ0v) is 12.1. The van der Waals surface area contributed by atoms with Crippen LogP contribution < -0.4 is 14.9 Å². The maximum Gasteiger partial charge on any atom is 0.207 e. The lowest BCUT2D eigenvalue weighted by molar-refractivity contribution is 0.338. The van der Waals surface area contributed by atoms with E-state index in [1.165, 1.54) is 0 Å². The van der Waals surface area contributed by atoms with E-state index in [0.717, 1.165) is 17.0 Å². The van der Waals surface area contributed by atoms with Crippen molar-refractivity contribution in [2.45, 2.75) is 6.42 Å². The second-order valence-electron chi connectivity index (χ2n) is 5.12. The molecule has 5 nitrogen and oxygen atoms in total. The summed E-state index contributed by atoms with van der Waals surface area (Å²) in [5.74, 6) is 1.38. The number of nitrogens with zero attached hydrogens (tertiary/aromatic N) is 2. The summed E-state index contributed by atoms with van der Waals surface area (Å²) in [6, 6.07) is 11.2. The van der Waals surface area contributed by atoms with Gasteiger partial charge in [0.2, 0.25) is 5.88 Å². The molecule has 0 saturated carbocycles. The van der Waals surface area contributed by atoms with Gasteiger partial charge in [-0.3, -0.25) is 9.36 Å². The molecule has 4 rings (SSSR count). The molecule has 3 aromatic rings. The smallest absolute Gasteiger partial charge is 0.207 e. The number of aromatic nitrogens is 2. The number of ether oxygens (including phenoxy) is 2. The van der Waals surface area contributed by atoms with Gasteiger partial charge >= 0.3 is 0 Å². The average Bonchev–Trinajstić information content (AvgIpc) is 3.05. The van der Waals surface area contributed by atoms with Gasteiger partial charge in [-0.15, -0.1) is 0 Å². The summed E-state index contributed by atoms with van der Waals surface area (Å²) in [5, 5.41) is 0.613. The van der Waals surface area contributed by atoms with Gasteiger partial charge in [0, 0.05) is 12.6 Å². The quantitative estimate of drug-likeness (QED) is 0.728. The van der Waals surface area contributed by atoms with Crippen molar-refractivity contribution in [3.05, 3.63) is 58.4 Å². The van der Waals surface area contributed by atoms with E-state index in [4.69, 9.17) is 9.47 Å². The summed E-state index contributed by atoms with van der Waals surface area (Å²) in [5.41, 5.74) is 2.23. The lowest BCUT2D eigenvalue weighted by atomic mass is 10.1. The minimum Gasteiger partial charge on any atom is -0.497 e. The third-order valence-corrected chi connectivity index (χ3v) is 3.90. The average molecular weight is 294 g/mol. The van der Waals surface area contributed by atoms with Gasteiger partial charge in [0.05, 0.1) is 30.4 Å². The van der Waals surface area contributed by atoms with E-state index in [-0.39, 0.29) is 5.43 Å². The molecule has 0 aliphatic carbocycles. The minimum atomic E-state index is 0.0142. The molecule has 0 spiro atoms.